The molecule has 2 aromatic rings. The van der Waals surface area contributed by atoms with Crippen LogP contribution in [0.5, 0.6) is 5.75 Å². The second-order valence-electron chi connectivity index (χ2n) is 11.7. The minimum atomic E-state index is -3.16. The number of aliphatic imine (C=N–C) groups is 1. The van der Waals surface area contributed by atoms with Crippen molar-refractivity contribution in [2.45, 2.75) is 75.9 Å². The highest BCUT2D eigenvalue weighted by Crippen LogP contribution is 2.39. The van der Waals surface area contributed by atoms with E-state index in [1.54, 1.807) is 17.0 Å². The zero-order valence-corrected chi connectivity index (χ0v) is 25.2. The van der Waals surface area contributed by atoms with Gasteiger partial charge in [-0.1, -0.05) is 37.5 Å². The molecule has 2 fully saturated rings. The van der Waals surface area contributed by atoms with Gasteiger partial charge in [0.15, 0.2) is 0 Å². The molecule has 228 valence electrons. The summed E-state index contributed by atoms with van der Waals surface area (Å²) < 4.78 is 45.0. The van der Waals surface area contributed by atoms with Gasteiger partial charge in [-0.25, -0.2) is 22.3 Å². The number of piperidine rings is 1. The van der Waals surface area contributed by atoms with Crippen LogP contribution in [0.2, 0.25) is 0 Å². The first-order valence-corrected chi connectivity index (χ1v) is 17.0. The van der Waals surface area contributed by atoms with E-state index in [2.05, 4.69) is 32.1 Å². The Morgan fingerprint density at radius 3 is 2.55 bits per heavy atom. The maximum Gasteiger partial charge on any atom is 0.350 e. The number of urea groups is 1. The SMILES string of the molecule is CS(=O)(=O)NCCCCOc1cccc(CN2CCC3(CC2)C(NC2CCCCC2)=NC(=O)N3c2cccc(F)c2)c1. The molecule has 0 radical (unpaired) electrons. The summed E-state index contributed by atoms with van der Waals surface area (Å²) >= 11 is 0. The molecule has 5 rings (SSSR count). The van der Waals surface area contributed by atoms with Gasteiger partial charge in [-0.05, 0) is 74.4 Å². The average molecular weight is 600 g/mol. The van der Waals surface area contributed by atoms with E-state index in [0.29, 0.717) is 44.1 Å². The molecule has 2 N–H and O–H groups in total. The Kier molecular flexibility index (Phi) is 9.80. The number of sulfonamides is 1. The van der Waals surface area contributed by atoms with E-state index < -0.39 is 15.6 Å². The van der Waals surface area contributed by atoms with Crippen molar-refractivity contribution in [3.63, 3.8) is 0 Å². The van der Waals surface area contributed by atoms with E-state index in [-0.39, 0.29) is 11.8 Å². The molecular weight excluding hydrogens is 557 g/mol. The molecule has 2 aliphatic heterocycles. The molecule has 2 aromatic carbocycles. The van der Waals surface area contributed by atoms with E-state index in [1.807, 2.05) is 12.1 Å². The van der Waals surface area contributed by atoms with Crippen molar-refractivity contribution >= 4 is 27.6 Å². The van der Waals surface area contributed by atoms with E-state index in [9.17, 15) is 17.6 Å². The molecule has 1 spiro atoms. The average Bonchev–Trinajstić information content (AvgIpc) is 3.22. The van der Waals surface area contributed by atoms with Gasteiger partial charge < -0.3 is 10.1 Å². The quantitative estimate of drug-likeness (QED) is 0.359. The van der Waals surface area contributed by atoms with Crippen LogP contribution in [-0.2, 0) is 16.6 Å². The Labute approximate surface area is 248 Å². The molecule has 11 heteroatoms. The number of nitrogens with zero attached hydrogens (tertiary/aromatic N) is 3. The lowest BCUT2D eigenvalue weighted by Crippen LogP contribution is -2.62. The number of nitrogens with one attached hydrogen (secondary N) is 2. The van der Waals surface area contributed by atoms with Crippen LogP contribution in [0.15, 0.2) is 53.5 Å². The topological polar surface area (TPSA) is 103 Å². The van der Waals surface area contributed by atoms with Crippen molar-refractivity contribution in [3.05, 3.63) is 59.9 Å². The minimum absolute atomic E-state index is 0.311. The Morgan fingerprint density at radius 2 is 1.81 bits per heavy atom. The number of hydrogen-bond acceptors (Lipinski definition) is 6. The molecule has 2 amide bonds. The lowest BCUT2D eigenvalue weighted by molar-refractivity contribution is 0.181. The van der Waals surface area contributed by atoms with E-state index in [4.69, 9.17) is 4.74 Å². The molecule has 1 aliphatic carbocycles. The molecule has 2 heterocycles. The molecule has 9 nitrogen and oxygen atoms in total. The highest BCUT2D eigenvalue weighted by molar-refractivity contribution is 7.88. The van der Waals surface area contributed by atoms with Gasteiger partial charge in [-0.15, -0.1) is 0 Å². The smallest absolute Gasteiger partial charge is 0.350 e. The number of halogens is 1. The van der Waals surface area contributed by atoms with Crippen molar-refractivity contribution in [1.29, 1.82) is 0 Å². The molecule has 0 bridgehead atoms. The molecule has 0 unspecified atom stereocenters. The van der Waals surface area contributed by atoms with Gasteiger partial charge >= 0.3 is 6.03 Å². The van der Waals surface area contributed by atoms with Crippen LogP contribution in [0.4, 0.5) is 14.9 Å². The summed E-state index contributed by atoms with van der Waals surface area (Å²) in [6.45, 7) is 3.21. The fourth-order valence-corrected chi connectivity index (χ4v) is 6.84. The normalized spacial score (nSPS) is 19.7. The second kappa shape index (κ2) is 13.5. The minimum Gasteiger partial charge on any atom is -0.494 e. The lowest BCUT2D eigenvalue weighted by atomic mass is 9.83. The van der Waals surface area contributed by atoms with Gasteiger partial charge in [0.05, 0.1) is 12.9 Å². The van der Waals surface area contributed by atoms with Crippen LogP contribution in [-0.4, -0.2) is 69.3 Å². The van der Waals surface area contributed by atoms with Crippen LogP contribution in [0.25, 0.3) is 0 Å². The molecular formula is C31H42FN5O4S. The standard InChI is InChI=1S/C31H42FN5O4S/c1-42(39,40)33-17-5-6-20-41-28-14-7-9-24(21-28)23-36-18-15-31(16-19-36)29(34-26-11-3-2-4-12-26)35-30(38)37(31)27-13-8-10-25(32)22-27/h7-10,13-14,21-22,26,33H,2-6,11-12,15-20,23H2,1H3,(H,34,35,38). The summed E-state index contributed by atoms with van der Waals surface area (Å²) in [4.78, 5) is 22.0. The number of anilines is 1. The van der Waals surface area contributed by atoms with Gasteiger partial charge in [-0.2, -0.15) is 4.99 Å². The summed E-state index contributed by atoms with van der Waals surface area (Å²) in [6.07, 6.45) is 9.76. The number of amidine groups is 1. The number of carbonyl (C=O) groups is 1. The van der Waals surface area contributed by atoms with E-state index >= 15 is 0 Å². The third kappa shape index (κ3) is 7.67. The van der Waals surface area contributed by atoms with Crippen LogP contribution >= 0.6 is 0 Å². The predicted molar refractivity (Wildman–Crippen MR) is 163 cm³/mol. The first-order chi connectivity index (χ1) is 20.2. The summed E-state index contributed by atoms with van der Waals surface area (Å²) in [5, 5.41) is 3.66. The summed E-state index contributed by atoms with van der Waals surface area (Å²) in [5.41, 5.74) is 1.07. The molecule has 1 saturated heterocycles. The number of ether oxygens (including phenoxy) is 1. The second-order valence-corrected chi connectivity index (χ2v) is 13.5. The number of rotatable bonds is 11. The van der Waals surface area contributed by atoms with Crippen LogP contribution < -0.4 is 19.7 Å². The first-order valence-electron chi connectivity index (χ1n) is 15.1. The van der Waals surface area contributed by atoms with E-state index in [0.717, 1.165) is 62.3 Å². The van der Waals surface area contributed by atoms with Gasteiger partial charge in [0, 0.05) is 37.9 Å². The number of benzene rings is 2. The van der Waals surface area contributed by atoms with Gasteiger partial charge in [0.2, 0.25) is 10.0 Å². The van der Waals surface area contributed by atoms with Crippen LogP contribution in [0, 0.1) is 5.82 Å². The predicted octanol–water partition coefficient (Wildman–Crippen LogP) is 4.83. The highest BCUT2D eigenvalue weighted by Gasteiger charge is 2.52. The molecule has 0 aromatic heterocycles. The van der Waals surface area contributed by atoms with Gasteiger partial charge in [0.1, 0.15) is 22.9 Å². The monoisotopic (exact) mass is 599 g/mol. The van der Waals surface area contributed by atoms with Crippen LogP contribution in [0.1, 0.15) is 63.4 Å². The summed E-state index contributed by atoms with van der Waals surface area (Å²) in [6, 6.07) is 14.3. The number of hydrogen-bond donors (Lipinski definition) is 2. The van der Waals surface area contributed by atoms with Gasteiger partial charge in [-0.3, -0.25) is 9.80 Å². The molecule has 1 saturated carbocycles. The van der Waals surface area contributed by atoms with Crippen molar-refractivity contribution in [2.75, 3.05) is 37.4 Å². The zero-order valence-electron chi connectivity index (χ0n) is 24.4. The Hall–Kier alpha value is -3.02. The zero-order chi connectivity index (χ0) is 29.6. The molecule has 42 heavy (non-hydrogen) atoms. The van der Waals surface area contributed by atoms with E-state index in [1.165, 1.54) is 31.4 Å². The van der Waals surface area contributed by atoms with Crippen molar-refractivity contribution in [1.82, 2.24) is 14.9 Å². The number of unbranched alkanes of at least 4 members (excludes halogenated alkanes) is 1. The number of amides is 2. The Morgan fingerprint density at radius 1 is 1.05 bits per heavy atom. The Bertz CT molecular complexity index is 1370. The summed E-state index contributed by atoms with van der Waals surface area (Å²) in [7, 11) is -3.16. The molecule has 3 aliphatic rings. The first kappa shape index (κ1) is 30.4. The maximum absolute atomic E-state index is 14.3. The fourth-order valence-electron chi connectivity index (χ4n) is 6.33. The van der Waals surface area contributed by atoms with Crippen molar-refractivity contribution in [2.24, 2.45) is 4.99 Å². The highest BCUT2D eigenvalue weighted by atomic mass is 32.2. The van der Waals surface area contributed by atoms with Crippen LogP contribution in [0.3, 0.4) is 0 Å². The maximum atomic E-state index is 14.3. The number of carbonyl (C=O) groups excluding carboxylic acids is 1. The molecule has 0 atom stereocenters. The third-order valence-corrected chi connectivity index (χ3v) is 9.20. The fraction of sp³-hybridized carbons (Fsp3) is 0.548. The Balaban J connectivity index is 1.21. The summed E-state index contributed by atoms with van der Waals surface area (Å²) in [5.74, 6) is 1.17. The van der Waals surface area contributed by atoms with Crippen molar-refractivity contribution < 1.29 is 22.3 Å². The van der Waals surface area contributed by atoms with Crippen molar-refractivity contribution in [3.8, 4) is 5.75 Å². The number of likely N-dealkylation sites (tertiary alicyclic amines) is 1. The largest absolute Gasteiger partial charge is 0.494 e. The third-order valence-electron chi connectivity index (χ3n) is 8.47. The van der Waals surface area contributed by atoms with Gasteiger partial charge in [0.25, 0.3) is 0 Å². The lowest BCUT2D eigenvalue weighted by Gasteiger charge is -2.45.